The lowest BCUT2D eigenvalue weighted by molar-refractivity contribution is -0.133. The molecule has 0 unspecified atom stereocenters. The fraction of sp³-hybridized carbons (Fsp3) is 0.333. The standard InChI is InChI=1S/C12H15NO4S/c1-13(11(14)7-18-8-12(15)16)9-5-3-4-6-10(9)17-2/h3-6H,7-8H2,1-2H3,(H,15,16). The molecule has 0 radical (unpaired) electrons. The number of ether oxygens (including phenoxy) is 1. The molecule has 18 heavy (non-hydrogen) atoms. The molecule has 1 amide bonds. The van der Waals surface area contributed by atoms with Crippen molar-refractivity contribution in [1.82, 2.24) is 0 Å². The van der Waals surface area contributed by atoms with Gasteiger partial charge >= 0.3 is 5.97 Å². The number of benzene rings is 1. The maximum absolute atomic E-state index is 11.8. The van der Waals surface area contributed by atoms with Crippen LogP contribution in [0, 0.1) is 0 Å². The number of aliphatic carboxylic acids is 1. The summed E-state index contributed by atoms with van der Waals surface area (Å²) in [6, 6.07) is 7.17. The van der Waals surface area contributed by atoms with E-state index in [9.17, 15) is 9.59 Å². The number of hydrogen-bond donors (Lipinski definition) is 1. The van der Waals surface area contributed by atoms with E-state index in [0.717, 1.165) is 11.8 Å². The van der Waals surface area contributed by atoms with Gasteiger partial charge in [0.2, 0.25) is 5.91 Å². The molecule has 0 heterocycles. The number of carboxylic acids is 1. The summed E-state index contributed by atoms with van der Waals surface area (Å²) in [6.45, 7) is 0. The summed E-state index contributed by atoms with van der Waals surface area (Å²) in [5, 5.41) is 8.50. The van der Waals surface area contributed by atoms with Crippen LogP contribution in [0.2, 0.25) is 0 Å². The highest BCUT2D eigenvalue weighted by atomic mass is 32.2. The summed E-state index contributed by atoms with van der Waals surface area (Å²) >= 11 is 1.07. The van der Waals surface area contributed by atoms with Gasteiger partial charge in [0.1, 0.15) is 5.75 Å². The molecule has 98 valence electrons. The Hall–Kier alpha value is -1.69. The van der Waals surface area contributed by atoms with Crippen LogP contribution in [0.4, 0.5) is 5.69 Å². The number of carbonyl (C=O) groups excluding carboxylic acids is 1. The molecule has 0 saturated heterocycles. The minimum absolute atomic E-state index is 0.0779. The summed E-state index contributed by atoms with van der Waals surface area (Å²) in [4.78, 5) is 23.7. The van der Waals surface area contributed by atoms with Gasteiger partial charge in [-0.05, 0) is 12.1 Å². The van der Waals surface area contributed by atoms with Crippen LogP contribution < -0.4 is 9.64 Å². The van der Waals surface area contributed by atoms with Crippen LogP contribution in [-0.2, 0) is 9.59 Å². The third-order valence-corrected chi connectivity index (χ3v) is 3.17. The van der Waals surface area contributed by atoms with Gasteiger partial charge in [-0.15, -0.1) is 11.8 Å². The number of amides is 1. The average molecular weight is 269 g/mol. The summed E-state index contributed by atoms with van der Waals surface area (Å²) in [7, 11) is 3.18. The first-order valence-corrected chi connectivity index (χ1v) is 6.41. The lowest BCUT2D eigenvalue weighted by atomic mass is 10.2. The molecule has 1 N–H and O–H groups in total. The number of hydrogen-bond acceptors (Lipinski definition) is 4. The van der Waals surface area contributed by atoms with Gasteiger partial charge in [0, 0.05) is 7.05 Å². The Bertz CT molecular complexity index is 436. The van der Waals surface area contributed by atoms with Crippen LogP contribution in [0.15, 0.2) is 24.3 Å². The smallest absolute Gasteiger partial charge is 0.313 e. The predicted octanol–water partition coefficient (Wildman–Crippen LogP) is 1.48. The quantitative estimate of drug-likeness (QED) is 0.847. The largest absolute Gasteiger partial charge is 0.495 e. The number of carboxylic acid groups (broad SMARTS) is 1. The first-order chi connectivity index (χ1) is 8.56. The molecule has 1 rings (SSSR count). The van der Waals surface area contributed by atoms with Crippen molar-refractivity contribution in [3.63, 3.8) is 0 Å². The van der Waals surface area contributed by atoms with Crippen molar-refractivity contribution in [2.75, 3.05) is 30.6 Å². The third kappa shape index (κ3) is 3.96. The highest BCUT2D eigenvalue weighted by molar-refractivity contribution is 8.00. The second kappa shape index (κ2) is 6.90. The van der Waals surface area contributed by atoms with Crippen molar-refractivity contribution < 1.29 is 19.4 Å². The van der Waals surface area contributed by atoms with E-state index in [1.165, 1.54) is 12.0 Å². The number of carbonyl (C=O) groups is 2. The highest BCUT2D eigenvalue weighted by Gasteiger charge is 2.15. The average Bonchev–Trinajstić information content (AvgIpc) is 2.37. The van der Waals surface area contributed by atoms with Gasteiger partial charge in [0.05, 0.1) is 24.3 Å². The van der Waals surface area contributed by atoms with Crippen LogP contribution in [-0.4, -0.2) is 42.6 Å². The van der Waals surface area contributed by atoms with E-state index in [1.54, 1.807) is 19.2 Å². The van der Waals surface area contributed by atoms with Crippen LogP contribution >= 0.6 is 11.8 Å². The Balaban J connectivity index is 2.65. The zero-order chi connectivity index (χ0) is 13.5. The van der Waals surface area contributed by atoms with Crippen molar-refractivity contribution in [1.29, 1.82) is 0 Å². The molecule has 0 fully saturated rings. The first-order valence-electron chi connectivity index (χ1n) is 5.25. The molecule has 0 aliphatic heterocycles. The van der Waals surface area contributed by atoms with Crippen LogP contribution in [0.5, 0.6) is 5.75 Å². The molecule has 1 aromatic rings. The Labute approximate surface area is 110 Å². The molecule has 0 atom stereocenters. The molecule has 0 spiro atoms. The van der Waals surface area contributed by atoms with Gasteiger partial charge < -0.3 is 14.7 Å². The Kier molecular flexibility index (Phi) is 5.51. The minimum atomic E-state index is -0.923. The molecular weight excluding hydrogens is 254 g/mol. The van der Waals surface area contributed by atoms with Gasteiger partial charge in [-0.2, -0.15) is 0 Å². The van der Waals surface area contributed by atoms with E-state index in [-0.39, 0.29) is 17.4 Å². The van der Waals surface area contributed by atoms with E-state index >= 15 is 0 Å². The first kappa shape index (κ1) is 14.4. The van der Waals surface area contributed by atoms with Crippen LogP contribution in [0.1, 0.15) is 0 Å². The number of para-hydroxylation sites is 2. The second-order valence-corrected chi connectivity index (χ2v) is 4.50. The normalized spacial score (nSPS) is 9.89. The Morgan fingerprint density at radius 3 is 2.61 bits per heavy atom. The van der Waals surface area contributed by atoms with Crippen LogP contribution in [0.3, 0.4) is 0 Å². The number of anilines is 1. The van der Waals surface area contributed by atoms with E-state index in [0.29, 0.717) is 11.4 Å². The maximum Gasteiger partial charge on any atom is 0.313 e. The summed E-state index contributed by atoms with van der Waals surface area (Å²) in [5.41, 5.74) is 0.668. The maximum atomic E-state index is 11.8. The third-order valence-electron chi connectivity index (χ3n) is 2.27. The molecule has 0 aromatic heterocycles. The van der Waals surface area contributed by atoms with Gasteiger partial charge in [-0.3, -0.25) is 9.59 Å². The van der Waals surface area contributed by atoms with Gasteiger partial charge in [0.25, 0.3) is 0 Å². The zero-order valence-electron chi connectivity index (χ0n) is 10.3. The van der Waals surface area contributed by atoms with Gasteiger partial charge in [-0.25, -0.2) is 0 Å². The molecule has 1 aromatic carbocycles. The van der Waals surface area contributed by atoms with Crippen molar-refractivity contribution in [2.45, 2.75) is 0 Å². The number of rotatable bonds is 6. The molecule has 0 aliphatic carbocycles. The summed E-state index contributed by atoms with van der Waals surface area (Å²) in [6.07, 6.45) is 0. The minimum Gasteiger partial charge on any atom is -0.495 e. The fourth-order valence-corrected chi connectivity index (χ4v) is 2.01. The molecule has 0 saturated carbocycles. The molecule has 6 heteroatoms. The van der Waals surface area contributed by atoms with E-state index < -0.39 is 5.97 Å². The van der Waals surface area contributed by atoms with Crippen molar-refractivity contribution in [3.05, 3.63) is 24.3 Å². The Morgan fingerprint density at radius 1 is 1.33 bits per heavy atom. The highest BCUT2D eigenvalue weighted by Crippen LogP contribution is 2.26. The number of nitrogens with zero attached hydrogens (tertiary/aromatic N) is 1. The van der Waals surface area contributed by atoms with Crippen molar-refractivity contribution in [2.24, 2.45) is 0 Å². The van der Waals surface area contributed by atoms with Gasteiger partial charge in [-0.1, -0.05) is 12.1 Å². The molecule has 0 aliphatic rings. The van der Waals surface area contributed by atoms with Crippen LogP contribution in [0.25, 0.3) is 0 Å². The van der Waals surface area contributed by atoms with Crippen molar-refractivity contribution >= 4 is 29.3 Å². The summed E-state index contributed by atoms with van der Waals surface area (Å²) in [5.74, 6) is -0.429. The SMILES string of the molecule is COc1ccccc1N(C)C(=O)CSCC(=O)O. The fourth-order valence-electron chi connectivity index (χ4n) is 1.36. The lowest BCUT2D eigenvalue weighted by Crippen LogP contribution is -2.28. The van der Waals surface area contributed by atoms with E-state index in [4.69, 9.17) is 9.84 Å². The Morgan fingerprint density at radius 2 is 2.00 bits per heavy atom. The summed E-state index contributed by atoms with van der Waals surface area (Å²) < 4.78 is 5.16. The topological polar surface area (TPSA) is 66.8 Å². The molecule has 0 bridgehead atoms. The number of methoxy groups -OCH3 is 1. The second-order valence-electron chi connectivity index (χ2n) is 3.51. The zero-order valence-corrected chi connectivity index (χ0v) is 11.1. The van der Waals surface area contributed by atoms with E-state index in [1.807, 2.05) is 12.1 Å². The molecular formula is C12H15NO4S. The van der Waals surface area contributed by atoms with E-state index in [2.05, 4.69) is 0 Å². The van der Waals surface area contributed by atoms with Crippen molar-refractivity contribution in [3.8, 4) is 5.75 Å². The number of thioether (sulfide) groups is 1. The lowest BCUT2D eigenvalue weighted by Gasteiger charge is -2.19. The monoisotopic (exact) mass is 269 g/mol. The predicted molar refractivity (Wildman–Crippen MR) is 71.4 cm³/mol. The molecule has 5 nitrogen and oxygen atoms in total. The van der Waals surface area contributed by atoms with Gasteiger partial charge in [0.15, 0.2) is 0 Å².